The van der Waals surface area contributed by atoms with Crippen molar-refractivity contribution in [2.24, 2.45) is 0 Å². The summed E-state index contributed by atoms with van der Waals surface area (Å²) in [5, 5.41) is 19.2. The van der Waals surface area contributed by atoms with Crippen LogP contribution in [0.4, 0.5) is 8.78 Å². The Kier molecular flexibility index (Phi) is 6.18. The summed E-state index contributed by atoms with van der Waals surface area (Å²) >= 11 is 0. The Balaban J connectivity index is 2.20. The van der Waals surface area contributed by atoms with E-state index in [0.29, 0.717) is 39.4 Å². The van der Waals surface area contributed by atoms with Crippen LogP contribution in [-0.4, -0.2) is 5.97 Å². The molecule has 0 spiro atoms. The zero-order valence-corrected chi connectivity index (χ0v) is 19.1. The van der Waals surface area contributed by atoms with Gasteiger partial charge in [0.2, 0.25) is 0 Å². The van der Waals surface area contributed by atoms with Crippen LogP contribution >= 0.6 is 0 Å². The van der Waals surface area contributed by atoms with Gasteiger partial charge in [-0.2, -0.15) is 10.5 Å². The standard InChI is InChI=1S/C28H18F2N2O3/c1-15-12-23(17(3)34-15)16(2)24-26(27(35-28(24)33)20(13-31)14-32)25(18-4-8-21(29)9-5-18)19-6-10-22(30)11-7-19/h4-12H,1-3H3/b24-16-. The van der Waals surface area contributed by atoms with E-state index in [0.717, 1.165) is 0 Å². The van der Waals surface area contributed by atoms with E-state index < -0.39 is 23.2 Å². The van der Waals surface area contributed by atoms with Crippen LogP contribution in [0.5, 0.6) is 0 Å². The number of aryl methyl sites for hydroxylation is 2. The summed E-state index contributed by atoms with van der Waals surface area (Å²) in [6.07, 6.45) is 0. The van der Waals surface area contributed by atoms with E-state index in [1.54, 1.807) is 39.0 Å². The van der Waals surface area contributed by atoms with E-state index in [1.165, 1.54) is 48.5 Å². The third-order valence-electron chi connectivity index (χ3n) is 5.66. The van der Waals surface area contributed by atoms with Crippen molar-refractivity contribution in [3.63, 3.8) is 0 Å². The van der Waals surface area contributed by atoms with Crippen molar-refractivity contribution in [2.75, 3.05) is 0 Å². The first kappa shape index (κ1) is 23.4. The summed E-state index contributed by atoms with van der Waals surface area (Å²) < 4.78 is 38.7. The Morgan fingerprint density at radius 3 is 1.80 bits per heavy atom. The first-order chi connectivity index (χ1) is 16.7. The van der Waals surface area contributed by atoms with Crippen molar-refractivity contribution in [3.8, 4) is 12.1 Å². The molecule has 3 aromatic rings. The van der Waals surface area contributed by atoms with Crippen LogP contribution in [-0.2, 0) is 9.53 Å². The molecule has 2 heterocycles. The minimum atomic E-state index is -0.754. The van der Waals surface area contributed by atoms with Gasteiger partial charge in [-0.1, -0.05) is 24.3 Å². The van der Waals surface area contributed by atoms with Crippen LogP contribution in [0, 0.1) is 48.1 Å². The summed E-state index contributed by atoms with van der Waals surface area (Å²) in [6, 6.07) is 16.3. The number of carbonyl (C=O) groups is 1. The molecule has 0 saturated carbocycles. The Hall–Kier alpha value is -4.75. The maximum Gasteiger partial charge on any atom is 0.344 e. The van der Waals surface area contributed by atoms with Crippen molar-refractivity contribution in [1.82, 2.24) is 0 Å². The molecule has 0 bridgehead atoms. The molecular weight excluding hydrogens is 450 g/mol. The molecule has 0 N–H and O–H groups in total. The van der Waals surface area contributed by atoms with E-state index in [9.17, 15) is 24.1 Å². The molecule has 1 fully saturated rings. The van der Waals surface area contributed by atoms with Gasteiger partial charge in [-0.3, -0.25) is 0 Å². The first-order valence-corrected chi connectivity index (χ1v) is 10.6. The van der Waals surface area contributed by atoms with Crippen LogP contribution in [0.3, 0.4) is 0 Å². The summed E-state index contributed by atoms with van der Waals surface area (Å²) in [6.45, 7) is 5.24. The molecule has 7 heteroatoms. The second-order valence-corrected chi connectivity index (χ2v) is 7.91. The highest BCUT2D eigenvalue weighted by molar-refractivity contribution is 6.11. The number of cyclic esters (lactones) is 1. The van der Waals surface area contributed by atoms with Gasteiger partial charge in [0.25, 0.3) is 0 Å². The molecule has 4 rings (SSSR count). The lowest BCUT2D eigenvalue weighted by Gasteiger charge is -2.14. The molecule has 1 saturated heterocycles. The average Bonchev–Trinajstić information content (AvgIpc) is 3.35. The van der Waals surface area contributed by atoms with Crippen LogP contribution in [0.25, 0.3) is 11.1 Å². The zero-order valence-electron chi connectivity index (χ0n) is 19.1. The number of carbonyl (C=O) groups excluding carboxylic acids is 1. The van der Waals surface area contributed by atoms with Gasteiger partial charge in [-0.15, -0.1) is 0 Å². The third kappa shape index (κ3) is 4.28. The van der Waals surface area contributed by atoms with Gasteiger partial charge in [-0.25, -0.2) is 13.6 Å². The van der Waals surface area contributed by atoms with Crippen molar-refractivity contribution in [2.45, 2.75) is 20.8 Å². The highest BCUT2D eigenvalue weighted by Crippen LogP contribution is 2.44. The SMILES string of the molecule is C/C(=C1/C(=O)OC(=C(C#N)C#N)C1=C(c1ccc(F)cc1)c1ccc(F)cc1)c1cc(C)oc1C. The van der Waals surface area contributed by atoms with E-state index in [-0.39, 0.29) is 16.9 Å². The maximum atomic E-state index is 13.8. The molecule has 0 aliphatic carbocycles. The van der Waals surface area contributed by atoms with E-state index in [1.807, 2.05) is 0 Å². The number of nitriles is 2. The summed E-state index contributed by atoms with van der Waals surface area (Å²) in [7, 11) is 0. The van der Waals surface area contributed by atoms with Gasteiger partial charge in [-0.05, 0) is 67.8 Å². The fourth-order valence-corrected chi connectivity index (χ4v) is 4.12. The Bertz CT molecular complexity index is 1460. The lowest BCUT2D eigenvalue weighted by atomic mass is 9.86. The number of benzene rings is 2. The molecular formula is C28H18F2N2O3. The lowest BCUT2D eigenvalue weighted by molar-refractivity contribution is -0.132. The first-order valence-electron chi connectivity index (χ1n) is 10.6. The van der Waals surface area contributed by atoms with Crippen molar-refractivity contribution in [3.05, 3.63) is 117 Å². The minimum absolute atomic E-state index is 0.121. The molecule has 35 heavy (non-hydrogen) atoms. The quantitative estimate of drug-likeness (QED) is 0.255. The Morgan fingerprint density at radius 2 is 1.37 bits per heavy atom. The second kappa shape index (κ2) is 9.24. The van der Waals surface area contributed by atoms with Crippen LogP contribution in [0.1, 0.15) is 35.1 Å². The third-order valence-corrected chi connectivity index (χ3v) is 5.66. The van der Waals surface area contributed by atoms with Gasteiger partial charge in [0, 0.05) is 16.7 Å². The Labute approximate surface area is 200 Å². The number of halogens is 2. The Morgan fingerprint density at radius 1 is 0.857 bits per heavy atom. The topological polar surface area (TPSA) is 87.0 Å². The maximum absolute atomic E-state index is 13.8. The van der Waals surface area contributed by atoms with Crippen LogP contribution in [0.2, 0.25) is 0 Å². The monoisotopic (exact) mass is 468 g/mol. The number of furan rings is 1. The molecule has 1 aromatic heterocycles. The summed E-state index contributed by atoms with van der Waals surface area (Å²) in [5.41, 5.74) is 2.39. The fraction of sp³-hybridized carbons (Fsp3) is 0.107. The van der Waals surface area contributed by atoms with Crippen molar-refractivity contribution < 1.29 is 22.7 Å². The van der Waals surface area contributed by atoms with Gasteiger partial charge in [0.15, 0.2) is 11.3 Å². The number of rotatable bonds is 3. The molecule has 0 amide bonds. The molecule has 172 valence electrons. The highest BCUT2D eigenvalue weighted by Gasteiger charge is 2.38. The van der Waals surface area contributed by atoms with Crippen LogP contribution in [0.15, 0.2) is 81.5 Å². The van der Waals surface area contributed by atoms with E-state index in [4.69, 9.17) is 9.15 Å². The van der Waals surface area contributed by atoms with Gasteiger partial charge >= 0.3 is 5.97 Å². The predicted octanol–water partition coefficient (Wildman–Crippen LogP) is 6.31. The molecule has 5 nitrogen and oxygen atoms in total. The largest absolute Gasteiger partial charge is 0.466 e. The highest BCUT2D eigenvalue weighted by atomic mass is 19.1. The van der Waals surface area contributed by atoms with E-state index in [2.05, 4.69) is 0 Å². The fourth-order valence-electron chi connectivity index (χ4n) is 4.12. The minimum Gasteiger partial charge on any atom is -0.466 e. The zero-order chi connectivity index (χ0) is 25.3. The normalized spacial score (nSPS) is 14.3. The van der Waals surface area contributed by atoms with Crippen molar-refractivity contribution >= 4 is 17.1 Å². The smallest absolute Gasteiger partial charge is 0.344 e. The number of allylic oxidation sites excluding steroid dienone is 3. The van der Waals surface area contributed by atoms with Gasteiger partial charge < -0.3 is 9.15 Å². The average molecular weight is 468 g/mol. The number of nitrogens with zero attached hydrogens (tertiary/aromatic N) is 2. The van der Waals surface area contributed by atoms with Crippen molar-refractivity contribution in [1.29, 1.82) is 10.5 Å². The number of hydrogen-bond donors (Lipinski definition) is 0. The molecule has 0 atom stereocenters. The number of esters is 1. The lowest BCUT2D eigenvalue weighted by Crippen LogP contribution is -2.02. The molecule has 1 aliphatic rings. The number of hydrogen-bond acceptors (Lipinski definition) is 5. The van der Waals surface area contributed by atoms with Gasteiger partial charge in [0.05, 0.1) is 5.57 Å². The molecule has 0 radical (unpaired) electrons. The second-order valence-electron chi connectivity index (χ2n) is 7.91. The number of ether oxygens (including phenoxy) is 1. The predicted molar refractivity (Wildman–Crippen MR) is 124 cm³/mol. The van der Waals surface area contributed by atoms with E-state index >= 15 is 0 Å². The summed E-state index contributed by atoms with van der Waals surface area (Å²) in [4.78, 5) is 13.2. The molecule has 1 aliphatic heterocycles. The molecule has 0 unspecified atom stereocenters. The summed E-state index contributed by atoms with van der Waals surface area (Å²) in [5.74, 6) is -0.706. The van der Waals surface area contributed by atoms with Crippen LogP contribution < -0.4 is 0 Å². The molecule has 2 aromatic carbocycles. The van der Waals surface area contributed by atoms with Gasteiger partial charge in [0.1, 0.15) is 35.3 Å².